The Labute approximate surface area is 144 Å². The fourth-order valence-corrected chi connectivity index (χ4v) is 2.86. The van der Waals surface area contributed by atoms with E-state index in [0.29, 0.717) is 11.8 Å². The largest absolute Gasteiger partial charge is 0.415 e. The van der Waals surface area contributed by atoms with E-state index in [9.17, 15) is 22.7 Å². The van der Waals surface area contributed by atoms with Crippen molar-refractivity contribution in [3.63, 3.8) is 0 Å². The smallest absolute Gasteiger partial charge is 0.382 e. The number of likely N-dealkylation sites (N-methyl/N-ethyl adjacent to an activating group) is 1. The maximum atomic E-state index is 13.9. The van der Waals surface area contributed by atoms with E-state index >= 15 is 0 Å². The maximum Gasteiger partial charge on any atom is 0.415 e. The van der Waals surface area contributed by atoms with Crippen LogP contribution in [0.1, 0.15) is 6.42 Å². The van der Waals surface area contributed by atoms with Gasteiger partial charge in [0, 0.05) is 45.8 Å². The highest BCUT2D eigenvalue weighted by Crippen LogP contribution is 2.27. The van der Waals surface area contributed by atoms with E-state index < -0.39 is 25.0 Å². The molecule has 1 N–H and O–H groups in total. The molecule has 1 aromatic rings. The predicted molar refractivity (Wildman–Crippen MR) is 86.6 cm³/mol. The number of rotatable bonds is 6. The van der Waals surface area contributed by atoms with E-state index in [2.05, 4.69) is 9.97 Å². The van der Waals surface area contributed by atoms with Crippen molar-refractivity contribution in [1.29, 1.82) is 0 Å². The van der Waals surface area contributed by atoms with Gasteiger partial charge in [-0.1, -0.05) is 0 Å². The molecule has 1 aliphatic heterocycles. The van der Waals surface area contributed by atoms with Gasteiger partial charge in [-0.15, -0.1) is 0 Å². The summed E-state index contributed by atoms with van der Waals surface area (Å²) in [5.41, 5.74) is 0. The minimum Gasteiger partial charge on any atom is -0.382 e. The van der Waals surface area contributed by atoms with Gasteiger partial charge in [0.05, 0.1) is 6.54 Å². The van der Waals surface area contributed by atoms with Crippen LogP contribution in [0.5, 0.6) is 0 Å². The fourth-order valence-electron chi connectivity index (χ4n) is 2.86. The fraction of sp³-hybridized carbons (Fsp3) is 0.733. The summed E-state index contributed by atoms with van der Waals surface area (Å²) in [7, 11) is 5.04. The van der Waals surface area contributed by atoms with Crippen molar-refractivity contribution < 1.29 is 22.7 Å². The number of aromatic nitrogens is 2. The van der Waals surface area contributed by atoms with Crippen LogP contribution in [0.25, 0.3) is 0 Å². The molecule has 0 aromatic carbocycles. The zero-order valence-corrected chi connectivity index (χ0v) is 14.4. The third-order valence-electron chi connectivity index (χ3n) is 4.07. The predicted octanol–water partition coefficient (Wildman–Crippen LogP) is 1.31. The monoisotopic (exact) mass is 365 g/mol. The quantitative estimate of drug-likeness (QED) is 0.768. The normalized spacial score (nSPS) is 22.5. The molecule has 0 amide bonds. The molecule has 142 valence electrons. The van der Waals surface area contributed by atoms with E-state index in [1.54, 1.807) is 36.2 Å². The second-order valence-corrected chi connectivity index (χ2v) is 6.53. The minimum atomic E-state index is -4.67. The van der Waals surface area contributed by atoms with Gasteiger partial charge in [0.15, 0.2) is 6.10 Å². The van der Waals surface area contributed by atoms with Gasteiger partial charge in [0.2, 0.25) is 5.95 Å². The van der Waals surface area contributed by atoms with Crippen molar-refractivity contribution in [2.24, 2.45) is 0 Å². The lowest BCUT2D eigenvalue weighted by molar-refractivity contribution is -0.207. The van der Waals surface area contributed by atoms with Crippen LogP contribution in [0.15, 0.2) is 12.3 Å². The standard InChI is InChI=1S/C15H23F4N5O/c1-22(2)14-20-5-4-13(21-14)24-7-10(16)6-11(24)8-23(3)9-12(25)15(17,18)19/h4-5,10-12,25H,6-9H2,1-3H3/t10-,11-,12-/m0/s1. The van der Waals surface area contributed by atoms with Crippen LogP contribution in [-0.2, 0) is 0 Å². The second kappa shape index (κ2) is 7.69. The number of anilines is 2. The van der Waals surface area contributed by atoms with Crippen molar-refractivity contribution in [3.05, 3.63) is 12.3 Å². The molecule has 0 saturated carbocycles. The van der Waals surface area contributed by atoms with Gasteiger partial charge in [-0.2, -0.15) is 18.2 Å². The third kappa shape index (κ3) is 5.15. The summed E-state index contributed by atoms with van der Waals surface area (Å²) < 4.78 is 51.4. The van der Waals surface area contributed by atoms with Crippen molar-refractivity contribution in [2.45, 2.75) is 30.9 Å². The maximum absolute atomic E-state index is 13.9. The minimum absolute atomic E-state index is 0.129. The topological polar surface area (TPSA) is 55.7 Å². The summed E-state index contributed by atoms with van der Waals surface area (Å²) in [6, 6.07) is 1.33. The molecule has 0 unspecified atom stereocenters. The number of nitrogens with zero attached hydrogens (tertiary/aromatic N) is 5. The Hall–Kier alpha value is -1.68. The molecule has 1 aromatic heterocycles. The Bertz CT molecular complexity index is 571. The Kier molecular flexibility index (Phi) is 6.04. The van der Waals surface area contributed by atoms with Gasteiger partial charge >= 0.3 is 6.18 Å². The van der Waals surface area contributed by atoms with Gasteiger partial charge in [-0.05, 0) is 13.1 Å². The lowest BCUT2D eigenvalue weighted by Gasteiger charge is -2.30. The third-order valence-corrected chi connectivity index (χ3v) is 4.07. The highest BCUT2D eigenvalue weighted by Gasteiger charge is 2.40. The van der Waals surface area contributed by atoms with Crippen molar-refractivity contribution in [2.75, 3.05) is 50.6 Å². The first-order chi connectivity index (χ1) is 11.6. The van der Waals surface area contributed by atoms with Gasteiger partial charge < -0.3 is 19.8 Å². The summed E-state index contributed by atoms with van der Waals surface area (Å²) in [6.45, 7) is -0.239. The van der Waals surface area contributed by atoms with E-state index in [-0.39, 0.29) is 25.6 Å². The first kappa shape index (κ1) is 19.6. The lowest BCUT2D eigenvalue weighted by atomic mass is 10.2. The molecule has 3 atom stereocenters. The Balaban J connectivity index is 2.07. The van der Waals surface area contributed by atoms with Crippen LogP contribution in [-0.4, -0.2) is 85.2 Å². The molecule has 0 radical (unpaired) electrons. The first-order valence-corrected chi connectivity index (χ1v) is 7.92. The van der Waals surface area contributed by atoms with Crippen LogP contribution < -0.4 is 9.80 Å². The molecule has 0 aliphatic carbocycles. The number of hydrogen-bond donors (Lipinski definition) is 1. The summed E-state index contributed by atoms with van der Waals surface area (Å²) in [5.74, 6) is 1.01. The van der Waals surface area contributed by atoms with Gasteiger partial charge in [0.25, 0.3) is 0 Å². The Morgan fingerprint density at radius 3 is 2.64 bits per heavy atom. The van der Waals surface area contributed by atoms with Crippen molar-refractivity contribution in [1.82, 2.24) is 14.9 Å². The van der Waals surface area contributed by atoms with Crippen LogP contribution in [0, 0.1) is 0 Å². The molecule has 0 spiro atoms. The van der Waals surface area contributed by atoms with Gasteiger partial charge in [-0.3, -0.25) is 0 Å². The first-order valence-electron chi connectivity index (χ1n) is 7.92. The highest BCUT2D eigenvalue weighted by molar-refractivity contribution is 5.45. The number of alkyl halides is 4. The lowest BCUT2D eigenvalue weighted by Crippen LogP contribution is -2.45. The highest BCUT2D eigenvalue weighted by atomic mass is 19.4. The number of aliphatic hydroxyl groups excluding tert-OH is 1. The molecular weight excluding hydrogens is 342 g/mol. The molecule has 10 heteroatoms. The zero-order chi connectivity index (χ0) is 18.8. The van der Waals surface area contributed by atoms with E-state index in [1.807, 2.05) is 0 Å². The summed E-state index contributed by atoms with van der Waals surface area (Å²) >= 11 is 0. The van der Waals surface area contributed by atoms with Crippen LogP contribution in [0.2, 0.25) is 0 Å². The molecule has 1 fully saturated rings. The van der Waals surface area contributed by atoms with Crippen LogP contribution >= 0.6 is 0 Å². The molecule has 1 aliphatic rings. The van der Waals surface area contributed by atoms with Gasteiger partial charge in [-0.25, -0.2) is 9.37 Å². The molecule has 0 bridgehead atoms. The van der Waals surface area contributed by atoms with E-state index in [1.165, 1.54) is 11.9 Å². The number of halogens is 4. The molecule has 6 nitrogen and oxygen atoms in total. The number of aliphatic hydroxyl groups is 1. The summed E-state index contributed by atoms with van der Waals surface area (Å²) in [5, 5.41) is 9.18. The molecule has 25 heavy (non-hydrogen) atoms. The Morgan fingerprint density at radius 1 is 1.36 bits per heavy atom. The molecular formula is C15H23F4N5O. The van der Waals surface area contributed by atoms with Crippen molar-refractivity contribution in [3.8, 4) is 0 Å². The average Bonchev–Trinajstić information content (AvgIpc) is 2.86. The van der Waals surface area contributed by atoms with Gasteiger partial charge in [0.1, 0.15) is 12.0 Å². The zero-order valence-electron chi connectivity index (χ0n) is 14.4. The van der Waals surface area contributed by atoms with Crippen LogP contribution in [0.3, 0.4) is 0 Å². The SMILES string of the molecule is CN(C[C@@H]1C[C@H](F)CN1c1ccnc(N(C)C)n1)C[C@H](O)C(F)(F)F. The second-order valence-electron chi connectivity index (χ2n) is 6.53. The summed E-state index contributed by atoms with van der Waals surface area (Å²) in [6.07, 6.45) is -6.40. The summed E-state index contributed by atoms with van der Waals surface area (Å²) in [4.78, 5) is 13.3. The average molecular weight is 365 g/mol. The molecule has 2 heterocycles. The number of hydrogen-bond acceptors (Lipinski definition) is 6. The van der Waals surface area contributed by atoms with E-state index in [0.717, 1.165) is 0 Å². The Morgan fingerprint density at radius 2 is 2.04 bits per heavy atom. The van der Waals surface area contributed by atoms with Crippen LogP contribution in [0.4, 0.5) is 29.3 Å². The van der Waals surface area contributed by atoms with E-state index in [4.69, 9.17) is 0 Å². The molecule has 1 saturated heterocycles. The molecule has 2 rings (SSSR count). The van der Waals surface area contributed by atoms with Crippen molar-refractivity contribution >= 4 is 11.8 Å².